The normalized spacial score (nSPS) is 18.5. The monoisotopic (exact) mass is 288 g/mol. The number of hydrogen-bond acceptors (Lipinski definition) is 5. The van der Waals surface area contributed by atoms with Gasteiger partial charge in [0.05, 0.1) is 10.9 Å². The smallest absolute Gasteiger partial charge is 0.260 e. The summed E-state index contributed by atoms with van der Waals surface area (Å²) in [5.74, 6) is 0.623. The van der Waals surface area contributed by atoms with Gasteiger partial charge in [-0.3, -0.25) is 9.78 Å². The fraction of sp³-hybridized carbons (Fsp3) is 0.467. The number of nitrogens with two attached hydrogens (primary N) is 1. The van der Waals surface area contributed by atoms with Crippen LogP contribution in [0.15, 0.2) is 23.0 Å². The van der Waals surface area contributed by atoms with Crippen molar-refractivity contribution in [3.63, 3.8) is 0 Å². The van der Waals surface area contributed by atoms with E-state index in [0.29, 0.717) is 28.6 Å². The molecule has 2 heterocycles. The molecule has 1 aliphatic heterocycles. The number of nitrogen functional groups attached to an aromatic ring is 1. The lowest BCUT2D eigenvalue weighted by molar-refractivity contribution is 0.279. The molecule has 1 aromatic carbocycles. The van der Waals surface area contributed by atoms with Gasteiger partial charge in [-0.25, -0.2) is 4.98 Å². The zero-order valence-electron chi connectivity index (χ0n) is 11.9. The number of aromatic amines is 1. The van der Waals surface area contributed by atoms with Gasteiger partial charge in [0.2, 0.25) is 5.95 Å². The Morgan fingerprint density at radius 3 is 3.14 bits per heavy atom. The number of nitrogens with zero attached hydrogens (tertiary/aromatic N) is 2. The van der Waals surface area contributed by atoms with Crippen molar-refractivity contribution in [2.45, 2.75) is 31.7 Å². The molecule has 1 saturated heterocycles. The van der Waals surface area contributed by atoms with Crippen LogP contribution in [0.5, 0.6) is 0 Å². The van der Waals surface area contributed by atoms with Gasteiger partial charge in [0.1, 0.15) is 0 Å². The number of aliphatic hydroxyl groups is 1. The molecule has 0 spiro atoms. The molecular weight excluding hydrogens is 268 g/mol. The Kier molecular flexibility index (Phi) is 3.79. The summed E-state index contributed by atoms with van der Waals surface area (Å²) in [5, 5.41) is 9.51. The molecule has 112 valence electrons. The lowest BCUT2D eigenvalue weighted by Crippen LogP contribution is -2.32. The maximum atomic E-state index is 12.2. The van der Waals surface area contributed by atoms with E-state index in [2.05, 4.69) is 14.9 Å². The first-order valence-electron chi connectivity index (χ1n) is 7.36. The van der Waals surface area contributed by atoms with E-state index in [0.717, 1.165) is 32.2 Å². The minimum atomic E-state index is -0.157. The molecule has 21 heavy (non-hydrogen) atoms. The third-order valence-corrected chi connectivity index (χ3v) is 4.06. The SMILES string of the molecule is Nc1ccc2nc(N3CCCC3CCCO)[nH]c(=O)c2c1. The molecule has 6 nitrogen and oxygen atoms in total. The molecule has 1 aliphatic rings. The van der Waals surface area contributed by atoms with Gasteiger partial charge in [-0.1, -0.05) is 0 Å². The Bertz CT molecular complexity index is 698. The van der Waals surface area contributed by atoms with Gasteiger partial charge >= 0.3 is 0 Å². The van der Waals surface area contributed by atoms with Gasteiger partial charge in [-0.05, 0) is 43.9 Å². The third-order valence-electron chi connectivity index (χ3n) is 4.06. The molecule has 0 bridgehead atoms. The number of H-pyrrole nitrogens is 1. The topological polar surface area (TPSA) is 95.2 Å². The number of fused-ring (bicyclic) bond motifs is 1. The van der Waals surface area contributed by atoms with E-state index in [1.54, 1.807) is 18.2 Å². The highest BCUT2D eigenvalue weighted by Crippen LogP contribution is 2.25. The Balaban J connectivity index is 1.97. The first-order chi connectivity index (χ1) is 10.2. The number of hydrogen-bond donors (Lipinski definition) is 3. The number of rotatable bonds is 4. The van der Waals surface area contributed by atoms with E-state index in [4.69, 9.17) is 10.8 Å². The lowest BCUT2D eigenvalue weighted by Gasteiger charge is -2.25. The van der Waals surface area contributed by atoms with E-state index in [-0.39, 0.29) is 12.2 Å². The lowest BCUT2D eigenvalue weighted by atomic mass is 10.1. The molecule has 1 atom stereocenters. The summed E-state index contributed by atoms with van der Waals surface area (Å²) in [6.45, 7) is 1.09. The number of aliphatic hydroxyl groups excluding tert-OH is 1. The quantitative estimate of drug-likeness (QED) is 0.736. The highest BCUT2D eigenvalue weighted by atomic mass is 16.2. The highest BCUT2D eigenvalue weighted by molar-refractivity contribution is 5.81. The van der Waals surface area contributed by atoms with Crippen molar-refractivity contribution in [3.8, 4) is 0 Å². The second-order valence-corrected chi connectivity index (χ2v) is 5.52. The summed E-state index contributed by atoms with van der Waals surface area (Å²) in [7, 11) is 0. The fourth-order valence-corrected chi connectivity index (χ4v) is 3.02. The minimum Gasteiger partial charge on any atom is -0.399 e. The largest absolute Gasteiger partial charge is 0.399 e. The van der Waals surface area contributed by atoms with Gasteiger partial charge in [0.25, 0.3) is 5.56 Å². The van der Waals surface area contributed by atoms with Gasteiger partial charge in [-0.15, -0.1) is 0 Å². The van der Waals surface area contributed by atoms with E-state index in [1.165, 1.54) is 0 Å². The molecule has 0 radical (unpaired) electrons. The Morgan fingerprint density at radius 2 is 2.33 bits per heavy atom. The van der Waals surface area contributed by atoms with E-state index in [1.807, 2.05) is 0 Å². The molecule has 0 amide bonds. The first-order valence-corrected chi connectivity index (χ1v) is 7.36. The van der Waals surface area contributed by atoms with Crippen LogP contribution in [0.3, 0.4) is 0 Å². The van der Waals surface area contributed by atoms with Crippen LogP contribution in [0, 0.1) is 0 Å². The predicted molar refractivity (Wildman–Crippen MR) is 83.5 cm³/mol. The number of aromatic nitrogens is 2. The van der Waals surface area contributed by atoms with Crippen LogP contribution in [-0.4, -0.2) is 34.3 Å². The van der Waals surface area contributed by atoms with Crippen LogP contribution in [-0.2, 0) is 0 Å². The van der Waals surface area contributed by atoms with Crippen molar-refractivity contribution in [2.24, 2.45) is 0 Å². The summed E-state index contributed by atoms with van der Waals surface area (Å²) < 4.78 is 0. The van der Waals surface area contributed by atoms with Gasteiger partial charge < -0.3 is 15.7 Å². The zero-order chi connectivity index (χ0) is 14.8. The van der Waals surface area contributed by atoms with E-state index in [9.17, 15) is 4.79 Å². The zero-order valence-corrected chi connectivity index (χ0v) is 11.9. The Labute approximate surface area is 122 Å². The van der Waals surface area contributed by atoms with Crippen molar-refractivity contribution in [2.75, 3.05) is 23.8 Å². The third kappa shape index (κ3) is 2.71. The van der Waals surface area contributed by atoms with Crippen molar-refractivity contribution in [3.05, 3.63) is 28.6 Å². The van der Waals surface area contributed by atoms with Crippen LogP contribution in [0.1, 0.15) is 25.7 Å². The molecule has 1 unspecified atom stereocenters. The molecule has 4 N–H and O–H groups in total. The summed E-state index contributed by atoms with van der Waals surface area (Å²) >= 11 is 0. The molecule has 3 rings (SSSR count). The van der Waals surface area contributed by atoms with Crippen LogP contribution in [0.4, 0.5) is 11.6 Å². The van der Waals surface area contributed by atoms with Crippen molar-refractivity contribution >= 4 is 22.5 Å². The van der Waals surface area contributed by atoms with Crippen molar-refractivity contribution in [1.29, 1.82) is 0 Å². The van der Waals surface area contributed by atoms with Crippen LogP contribution in [0.25, 0.3) is 10.9 Å². The Morgan fingerprint density at radius 1 is 1.48 bits per heavy atom. The molecule has 1 aromatic heterocycles. The number of anilines is 2. The number of benzene rings is 1. The van der Waals surface area contributed by atoms with Crippen LogP contribution in [0.2, 0.25) is 0 Å². The summed E-state index contributed by atoms with van der Waals surface area (Å²) in [5.41, 5.74) is 6.78. The minimum absolute atomic E-state index is 0.157. The Hall–Kier alpha value is -2.08. The van der Waals surface area contributed by atoms with Crippen LogP contribution < -0.4 is 16.2 Å². The number of nitrogens with one attached hydrogen (secondary N) is 1. The summed E-state index contributed by atoms with van der Waals surface area (Å²) in [4.78, 5) is 21.8. The van der Waals surface area contributed by atoms with Crippen LogP contribution >= 0.6 is 0 Å². The van der Waals surface area contributed by atoms with Crippen molar-refractivity contribution in [1.82, 2.24) is 9.97 Å². The highest BCUT2D eigenvalue weighted by Gasteiger charge is 2.26. The summed E-state index contributed by atoms with van der Waals surface area (Å²) in [6, 6.07) is 5.53. The standard InChI is InChI=1S/C15H20N4O2/c16-10-5-6-13-12(9-10)14(21)18-15(17-13)19-7-1-3-11(19)4-2-8-20/h5-6,9,11,20H,1-4,7-8,16H2,(H,17,18,21). The van der Waals surface area contributed by atoms with Gasteiger partial charge in [0.15, 0.2) is 0 Å². The maximum Gasteiger partial charge on any atom is 0.260 e. The average Bonchev–Trinajstić information content (AvgIpc) is 2.94. The molecular formula is C15H20N4O2. The molecule has 0 aliphatic carbocycles. The molecule has 6 heteroatoms. The first kappa shape index (κ1) is 13.9. The van der Waals surface area contributed by atoms with Gasteiger partial charge in [0, 0.05) is 24.9 Å². The summed E-state index contributed by atoms with van der Waals surface area (Å²) in [6.07, 6.45) is 3.85. The predicted octanol–water partition coefficient (Wildman–Crippen LogP) is 1.25. The van der Waals surface area contributed by atoms with E-state index < -0.39 is 0 Å². The second-order valence-electron chi connectivity index (χ2n) is 5.52. The molecule has 0 saturated carbocycles. The van der Waals surface area contributed by atoms with Crippen molar-refractivity contribution < 1.29 is 5.11 Å². The average molecular weight is 288 g/mol. The maximum absolute atomic E-state index is 12.2. The van der Waals surface area contributed by atoms with Gasteiger partial charge in [-0.2, -0.15) is 0 Å². The fourth-order valence-electron chi connectivity index (χ4n) is 3.02. The molecule has 1 fully saturated rings. The molecule has 2 aromatic rings. The van der Waals surface area contributed by atoms with E-state index >= 15 is 0 Å². The second kappa shape index (κ2) is 5.73.